The van der Waals surface area contributed by atoms with Crippen LogP contribution in [0.15, 0.2) is 29.2 Å². The summed E-state index contributed by atoms with van der Waals surface area (Å²) in [6.07, 6.45) is -4.61. The molecule has 1 atom stereocenters. The highest BCUT2D eigenvalue weighted by Gasteiger charge is 2.36. The lowest BCUT2D eigenvalue weighted by atomic mass is 10.2. The Morgan fingerprint density at radius 2 is 1.90 bits per heavy atom. The third-order valence-electron chi connectivity index (χ3n) is 2.57. The minimum absolute atomic E-state index is 0.0283. The van der Waals surface area contributed by atoms with Crippen molar-refractivity contribution in [2.45, 2.75) is 36.9 Å². The summed E-state index contributed by atoms with van der Waals surface area (Å²) >= 11 is 0. The van der Waals surface area contributed by atoms with Crippen LogP contribution in [0.5, 0.6) is 0 Å². The maximum atomic E-state index is 12.7. The molecule has 1 unspecified atom stereocenters. The van der Waals surface area contributed by atoms with Crippen LogP contribution in [-0.4, -0.2) is 26.2 Å². The normalized spacial score (nSPS) is 14.2. The van der Waals surface area contributed by atoms with Crippen LogP contribution in [0, 0.1) is 0 Å². The summed E-state index contributed by atoms with van der Waals surface area (Å²) < 4.78 is 64.1. The van der Waals surface area contributed by atoms with E-state index in [2.05, 4.69) is 4.72 Å². The molecule has 0 aliphatic carbocycles. The Balaban J connectivity index is 2.88. The molecule has 0 saturated heterocycles. The van der Waals surface area contributed by atoms with E-state index in [4.69, 9.17) is 5.11 Å². The fraction of sp³-hybridized carbons (Fsp3) is 0.500. The van der Waals surface area contributed by atoms with Crippen molar-refractivity contribution in [1.82, 2.24) is 4.72 Å². The van der Waals surface area contributed by atoms with Gasteiger partial charge in [0.05, 0.1) is 16.6 Å². The first kappa shape index (κ1) is 16.9. The lowest BCUT2D eigenvalue weighted by Crippen LogP contribution is -2.27. The van der Waals surface area contributed by atoms with Crippen molar-refractivity contribution in [1.29, 1.82) is 0 Å². The number of rotatable bonds is 6. The number of sulfonamides is 1. The molecule has 114 valence electrons. The van der Waals surface area contributed by atoms with Gasteiger partial charge in [-0.15, -0.1) is 0 Å². The molecule has 0 bridgehead atoms. The van der Waals surface area contributed by atoms with E-state index in [9.17, 15) is 21.6 Å². The average molecular weight is 311 g/mol. The molecule has 1 aromatic rings. The Labute approximate surface area is 115 Å². The molecular weight excluding hydrogens is 295 g/mol. The Hall–Kier alpha value is -1.12. The largest absolute Gasteiger partial charge is 0.417 e. The number of benzene rings is 1. The van der Waals surface area contributed by atoms with Gasteiger partial charge in [0.2, 0.25) is 10.0 Å². The van der Waals surface area contributed by atoms with Gasteiger partial charge in [0.1, 0.15) is 0 Å². The fourth-order valence-corrected chi connectivity index (χ4v) is 2.92. The standard InChI is InChI=1S/C12H16F3NO3S/c1-9(17)5-4-8-16-20(18,19)11-7-3-2-6-10(11)12(13,14)15/h2-3,6-7,9,16-17H,4-5,8H2,1H3. The lowest BCUT2D eigenvalue weighted by molar-refractivity contribution is -0.139. The molecule has 0 radical (unpaired) electrons. The quantitative estimate of drug-likeness (QED) is 0.791. The van der Waals surface area contributed by atoms with Gasteiger partial charge < -0.3 is 5.11 Å². The van der Waals surface area contributed by atoms with Crippen LogP contribution in [-0.2, 0) is 16.2 Å². The molecule has 20 heavy (non-hydrogen) atoms. The summed E-state index contributed by atoms with van der Waals surface area (Å²) in [5.74, 6) is 0. The van der Waals surface area contributed by atoms with Gasteiger partial charge in [-0.05, 0) is 31.9 Å². The Morgan fingerprint density at radius 1 is 1.30 bits per heavy atom. The maximum absolute atomic E-state index is 12.7. The zero-order valence-electron chi connectivity index (χ0n) is 10.8. The second-order valence-electron chi connectivity index (χ2n) is 4.38. The molecule has 0 amide bonds. The number of hydrogen-bond acceptors (Lipinski definition) is 3. The van der Waals surface area contributed by atoms with Gasteiger partial charge in [0, 0.05) is 6.54 Å². The first-order valence-corrected chi connectivity index (χ1v) is 7.47. The SMILES string of the molecule is CC(O)CCCNS(=O)(=O)c1ccccc1C(F)(F)F. The van der Waals surface area contributed by atoms with Crippen LogP contribution >= 0.6 is 0 Å². The number of hydrogen-bond donors (Lipinski definition) is 2. The summed E-state index contributed by atoms with van der Waals surface area (Å²) in [4.78, 5) is -0.787. The topological polar surface area (TPSA) is 66.4 Å². The summed E-state index contributed by atoms with van der Waals surface area (Å²) in [6, 6.07) is 4.01. The fourth-order valence-electron chi connectivity index (χ4n) is 1.62. The molecule has 0 fully saturated rings. The molecule has 1 aromatic carbocycles. The van der Waals surface area contributed by atoms with Crippen LogP contribution in [0.1, 0.15) is 25.3 Å². The molecule has 0 aromatic heterocycles. The average Bonchev–Trinajstić information content (AvgIpc) is 2.33. The summed E-state index contributed by atoms with van der Waals surface area (Å²) in [5, 5.41) is 9.02. The molecule has 1 rings (SSSR count). The van der Waals surface area contributed by atoms with Gasteiger partial charge >= 0.3 is 6.18 Å². The van der Waals surface area contributed by atoms with E-state index >= 15 is 0 Å². The molecular formula is C12H16F3NO3S. The molecule has 0 aliphatic heterocycles. The monoisotopic (exact) mass is 311 g/mol. The van der Waals surface area contributed by atoms with E-state index in [1.54, 1.807) is 6.92 Å². The third kappa shape index (κ3) is 4.77. The van der Waals surface area contributed by atoms with Crippen LogP contribution < -0.4 is 4.72 Å². The Bertz CT molecular complexity index is 541. The number of aliphatic hydroxyl groups is 1. The van der Waals surface area contributed by atoms with E-state index in [-0.39, 0.29) is 6.54 Å². The highest BCUT2D eigenvalue weighted by Crippen LogP contribution is 2.33. The van der Waals surface area contributed by atoms with E-state index in [0.29, 0.717) is 12.8 Å². The van der Waals surface area contributed by atoms with Gasteiger partial charge in [-0.1, -0.05) is 12.1 Å². The van der Waals surface area contributed by atoms with Crippen molar-refractivity contribution in [2.75, 3.05) is 6.54 Å². The van der Waals surface area contributed by atoms with Gasteiger partial charge in [-0.2, -0.15) is 13.2 Å². The van der Waals surface area contributed by atoms with Crippen molar-refractivity contribution in [2.24, 2.45) is 0 Å². The van der Waals surface area contributed by atoms with Gasteiger partial charge in [-0.3, -0.25) is 0 Å². The van der Waals surface area contributed by atoms with E-state index in [1.165, 1.54) is 6.07 Å². The smallest absolute Gasteiger partial charge is 0.393 e. The summed E-state index contributed by atoms with van der Waals surface area (Å²) in [5.41, 5.74) is -1.19. The maximum Gasteiger partial charge on any atom is 0.417 e. The van der Waals surface area contributed by atoms with Crippen molar-refractivity contribution in [3.63, 3.8) is 0 Å². The third-order valence-corrected chi connectivity index (χ3v) is 4.09. The van der Waals surface area contributed by atoms with Crippen molar-refractivity contribution < 1.29 is 26.7 Å². The zero-order chi connectivity index (χ0) is 15.4. The second kappa shape index (κ2) is 6.55. The number of aliphatic hydroxyl groups excluding tert-OH is 1. The molecule has 0 saturated carbocycles. The van der Waals surface area contributed by atoms with Crippen molar-refractivity contribution in [3.05, 3.63) is 29.8 Å². The highest BCUT2D eigenvalue weighted by atomic mass is 32.2. The van der Waals surface area contributed by atoms with E-state index < -0.39 is 32.8 Å². The predicted octanol–water partition coefficient (Wildman–Crippen LogP) is 2.14. The van der Waals surface area contributed by atoms with Crippen LogP contribution in [0.25, 0.3) is 0 Å². The summed E-state index contributed by atoms with van der Waals surface area (Å²) in [7, 11) is -4.22. The lowest BCUT2D eigenvalue weighted by Gasteiger charge is -2.13. The van der Waals surface area contributed by atoms with Gasteiger partial charge in [-0.25, -0.2) is 13.1 Å². The second-order valence-corrected chi connectivity index (χ2v) is 6.12. The minimum Gasteiger partial charge on any atom is -0.393 e. The predicted molar refractivity (Wildman–Crippen MR) is 67.5 cm³/mol. The number of halogens is 3. The highest BCUT2D eigenvalue weighted by molar-refractivity contribution is 7.89. The Kier molecular flexibility index (Phi) is 5.55. The van der Waals surface area contributed by atoms with Crippen LogP contribution in [0.2, 0.25) is 0 Å². The molecule has 0 aliphatic rings. The molecule has 0 spiro atoms. The van der Waals surface area contributed by atoms with Crippen LogP contribution in [0.3, 0.4) is 0 Å². The number of nitrogens with one attached hydrogen (secondary N) is 1. The van der Waals surface area contributed by atoms with E-state index in [1.807, 2.05) is 0 Å². The molecule has 4 nitrogen and oxygen atoms in total. The van der Waals surface area contributed by atoms with Gasteiger partial charge in [0.25, 0.3) is 0 Å². The van der Waals surface area contributed by atoms with Crippen LogP contribution in [0.4, 0.5) is 13.2 Å². The minimum atomic E-state index is -4.73. The van der Waals surface area contributed by atoms with Crippen molar-refractivity contribution >= 4 is 10.0 Å². The first-order valence-electron chi connectivity index (χ1n) is 5.98. The molecule has 0 heterocycles. The van der Waals surface area contributed by atoms with Gasteiger partial charge in [0.15, 0.2) is 0 Å². The van der Waals surface area contributed by atoms with Crippen molar-refractivity contribution in [3.8, 4) is 0 Å². The summed E-state index contributed by atoms with van der Waals surface area (Å²) in [6.45, 7) is 1.52. The molecule has 8 heteroatoms. The Morgan fingerprint density at radius 3 is 2.45 bits per heavy atom. The van der Waals surface area contributed by atoms with E-state index in [0.717, 1.165) is 18.2 Å². The molecule has 2 N–H and O–H groups in total. The first-order chi connectivity index (χ1) is 9.14. The number of alkyl halides is 3. The zero-order valence-corrected chi connectivity index (χ0v) is 11.6.